The van der Waals surface area contributed by atoms with Crippen molar-refractivity contribution in [3.8, 4) is 0 Å². The molecule has 4 atom stereocenters. The summed E-state index contributed by atoms with van der Waals surface area (Å²) < 4.78 is 5.41. The molecule has 2 aliphatic carbocycles. The molecular weight excluding hydrogens is 176 g/mol. The van der Waals surface area contributed by atoms with Crippen LogP contribution in [0.4, 0.5) is 0 Å². The molecule has 1 aromatic heterocycles. The number of allylic oxidation sites excluding steroid dienone is 2. The molecule has 2 heteroatoms. The molecule has 1 saturated carbocycles. The van der Waals surface area contributed by atoms with Gasteiger partial charge in [0.2, 0.25) is 0 Å². The molecule has 72 valence electrons. The van der Waals surface area contributed by atoms with Crippen molar-refractivity contribution in [1.82, 2.24) is 0 Å². The summed E-state index contributed by atoms with van der Waals surface area (Å²) in [6, 6.07) is 3.88. The second kappa shape index (κ2) is 2.84. The van der Waals surface area contributed by atoms with Gasteiger partial charge in [0.25, 0.3) is 0 Å². The maximum absolute atomic E-state index is 11.0. The van der Waals surface area contributed by atoms with Crippen molar-refractivity contribution in [3.63, 3.8) is 0 Å². The molecule has 3 rings (SSSR count). The van der Waals surface area contributed by atoms with Crippen LogP contribution in [0.15, 0.2) is 35.0 Å². The van der Waals surface area contributed by atoms with Crippen LogP contribution < -0.4 is 0 Å². The van der Waals surface area contributed by atoms with E-state index < -0.39 is 0 Å². The lowest BCUT2D eigenvalue weighted by atomic mass is 9.82. The van der Waals surface area contributed by atoms with E-state index in [2.05, 4.69) is 12.2 Å². The standard InChI is InChI=1S/C12H12O2/c13-7-10-8-3-4-9(6-8)12(10)11-2-1-5-14-11/h1-5,7-10,12H,6H2/t8-,9+,10+,12+/m1/s1. The van der Waals surface area contributed by atoms with Crippen molar-refractivity contribution in [3.05, 3.63) is 36.3 Å². The second-order valence-electron chi connectivity index (χ2n) is 4.20. The number of furan rings is 1. The lowest BCUT2D eigenvalue weighted by Crippen LogP contribution is -2.18. The molecule has 2 nitrogen and oxygen atoms in total. The van der Waals surface area contributed by atoms with Gasteiger partial charge in [0.1, 0.15) is 12.0 Å². The van der Waals surface area contributed by atoms with Gasteiger partial charge in [0, 0.05) is 11.8 Å². The van der Waals surface area contributed by atoms with E-state index in [1.165, 1.54) is 0 Å². The van der Waals surface area contributed by atoms with E-state index in [4.69, 9.17) is 4.42 Å². The fourth-order valence-electron chi connectivity index (χ4n) is 2.93. The largest absolute Gasteiger partial charge is 0.469 e. The fraction of sp³-hybridized carbons (Fsp3) is 0.417. The van der Waals surface area contributed by atoms with Crippen molar-refractivity contribution in [2.24, 2.45) is 17.8 Å². The van der Waals surface area contributed by atoms with Gasteiger partial charge in [0.05, 0.1) is 6.26 Å². The van der Waals surface area contributed by atoms with E-state index >= 15 is 0 Å². The summed E-state index contributed by atoms with van der Waals surface area (Å²) >= 11 is 0. The zero-order valence-electron chi connectivity index (χ0n) is 7.80. The summed E-state index contributed by atoms with van der Waals surface area (Å²) in [6.45, 7) is 0. The van der Waals surface area contributed by atoms with Gasteiger partial charge < -0.3 is 9.21 Å². The fourth-order valence-corrected chi connectivity index (χ4v) is 2.93. The van der Waals surface area contributed by atoms with E-state index in [9.17, 15) is 4.79 Å². The molecule has 0 N–H and O–H groups in total. The van der Waals surface area contributed by atoms with E-state index in [-0.39, 0.29) is 11.8 Å². The summed E-state index contributed by atoms with van der Waals surface area (Å²) in [4.78, 5) is 11.0. The Labute approximate surface area is 82.6 Å². The van der Waals surface area contributed by atoms with Crippen LogP contribution in [-0.4, -0.2) is 6.29 Å². The molecule has 0 saturated heterocycles. The molecule has 0 aromatic carbocycles. The van der Waals surface area contributed by atoms with Gasteiger partial charge >= 0.3 is 0 Å². The highest BCUT2D eigenvalue weighted by atomic mass is 16.3. The van der Waals surface area contributed by atoms with Crippen LogP contribution in [0.5, 0.6) is 0 Å². The number of aldehydes is 1. The zero-order chi connectivity index (χ0) is 9.54. The van der Waals surface area contributed by atoms with Gasteiger partial charge in [-0.2, -0.15) is 0 Å². The second-order valence-corrected chi connectivity index (χ2v) is 4.20. The predicted molar refractivity (Wildman–Crippen MR) is 51.7 cm³/mol. The van der Waals surface area contributed by atoms with Gasteiger partial charge in [0.15, 0.2) is 0 Å². The lowest BCUT2D eigenvalue weighted by molar-refractivity contribution is -0.112. The SMILES string of the molecule is O=C[C@@H]1[C@@H](c2ccco2)[C@H]2C=C[C@@H]1C2. The molecular formula is C12H12O2. The smallest absolute Gasteiger partial charge is 0.124 e. The van der Waals surface area contributed by atoms with Gasteiger partial charge in [-0.15, -0.1) is 0 Å². The highest BCUT2D eigenvalue weighted by molar-refractivity contribution is 5.59. The van der Waals surface area contributed by atoms with Crippen molar-refractivity contribution in [2.75, 3.05) is 0 Å². The van der Waals surface area contributed by atoms with Gasteiger partial charge in [-0.1, -0.05) is 12.2 Å². The first-order chi connectivity index (χ1) is 6.90. The van der Waals surface area contributed by atoms with Crippen molar-refractivity contribution >= 4 is 6.29 Å². The first kappa shape index (κ1) is 8.04. The first-order valence-corrected chi connectivity index (χ1v) is 5.07. The third-order valence-electron chi connectivity index (χ3n) is 3.55. The van der Waals surface area contributed by atoms with Crippen LogP contribution in [0.3, 0.4) is 0 Å². The Morgan fingerprint density at radius 3 is 2.93 bits per heavy atom. The molecule has 2 aliphatic rings. The molecule has 1 fully saturated rings. The monoisotopic (exact) mass is 188 g/mol. The minimum Gasteiger partial charge on any atom is -0.469 e. The van der Waals surface area contributed by atoms with Gasteiger partial charge in [-0.05, 0) is 30.4 Å². The summed E-state index contributed by atoms with van der Waals surface area (Å²) in [5.41, 5.74) is 0. The summed E-state index contributed by atoms with van der Waals surface area (Å²) in [5.74, 6) is 2.36. The molecule has 1 aromatic rings. The maximum Gasteiger partial charge on any atom is 0.124 e. The van der Waals surface area contributed by atoms with E-state index in [0.29, 0.717) is 11.8 Å². The van der Waals surface area contributed by atoms with Crippen LogP contribution in [-0.2, 0) is 4.79 Å². The maximum atomic E-state index is 11.0. The molecule has 1 heterocycles. The Hall–Kier alpha value is -1.31. The number of carbonyl (C=O) groups is 1. The number of carbonyl (C=O) groups excluding carboxylic acids is 1. The molecule has 14 heavy (non-hydrogen) atoms. The topological polar surface area (TPSA) is 30.2 Å². The lowest BCUT2D eigenvalue weighted by Gasteiger charge is -2.21. The van der Waals surface area contributed by atoms with Gasteiger partial charge in [-0.25, -0.2) is 0 Å². The number of rotatable bonds is 2. The molecule has 0 radical (unpaired) electrons. The van der Waals surface area contributed by atoms with Crippen LogP contribution >= 0.6 is 0 Å². The Morgan fingerprint density at radius 2 is 2.21 bits per heavy atom. The minimum absolute atomic E-state index is 0.135. The Balaban J connectivity index is 1.99. The van der Waals surface area contributed by atoms with Crippen LogP contribution in [0.2, 0.25) is 0 Å². The Bertz CT molecular complexity index is 364. The average molecular weight is 188 g/mol. The molecule has 0 unspecified atom stereocenters. The van der Waals surface area contributed by atoms with Crippen LogP contribution in [0.1, 0.15) is 18.1 Å². The summed E-state index contributed by atoms with van der Waals surface area (Å²) in [5, 5.41) is 0. The highest BCUT2D eigenvalue weighted by Crippen LogP contribution is 2.52. The summed E-state index contributed by atoms with van der Waals surface area (Å²) in [7, 11) is 0. The minimum atomic E-state index is 0.135. The first-order valence-electron chi connectivity index (χ1n) is 5.07. The van der Waals surface area contributed by atoms with Gasteiger partial charge in [-0.3, -0.25) is 0 Å². The van der Waals surface area contributed by atoms with Crippen LogP contribution in [0, 0.1) is 17.8 Å². The predicted octanol–water partition coefficient (Wildman–Crippen LogP) is 2.38. The van der Waals surface area contributed by atoms with Crippen molar-refractivity contribution in [2.45, 2.75) is 12.3 Å². The number of hydrogen-bond donors (Lipinski definition) is 0. The zero-order valence-corrected chi connectivity index (χ0v) is 7.80. The number of fused-ring (bicyclic) bond motifs is 2. The van der Waals surface area contributed by atoms with Crippen molar-refractivity contribution < 1.29 is 9.21 Å². The van der Waals surface area contributed by atoms with Crippen LogP contribution in [0.25, 0.3) is 0 Å². The average Bonchev–Trinajstić information content (AvgIpc) is 2.92. The molecule has 0 spiro atoms. The third kappa shape index (κ3) is 0.939. The molecule has 2 bridgehead atoms. The van der Waals surface area contributed by atoms with E-state index in [1.54, 1.807) is 6.26 Å². The molecule has 0 amide bonds. The normalized spacial score (nSPS) is 39.1. The number of hydrogen-bond acceptors (Lipinski definition) is 2. The Morgan fingerprint density at radius 1 is 1.36 bits per heavy atom. The highest BCUT2D eigenvalue weighted by Gasteiger charge is 2.46. The van der Waals surface area contributed by atoms with Crippen molar-refractivity contribution in [1.29, 1.82) is 0 Å². The summed E-state index contributed by atoms with van der Waals surface area (Å²) in [6.07, 6.45) is 8.32. The third-order valence-corrected chi connectivity index (χ3v) is 3.55. The van der Waals surface area contributed by atoms with E-state index in [0.717, 1.165) is 18.5 Å². The Kier molecular flexibility index (Phi) is 1.63. The quantitative estimate of drug-likeness (QED) is 0.527. The molecule has 0 aliphatic heterocycles. The van der Waals surface area contributed by atoms with E-state index in [1.807, 2.05) is 12.1 Å².